The molecule has 0 fully saturated rings. The van der Waals surface area contributed by atoms with E-state index in [1.807, 2.05) is 0 Å². The lowest BCUT2D eigenvalue weighted by Gasteiger charge is -2.37. The van der Waals surface area contributed by atoms with Gasteiger partial charge in [-0.25, -0.2) is 0 Å². The van der Waals surface area contributed by atoms with Gasteiger partial charge in [-0.3, -0.25) is 4.99 Å². The van der Waals surface area contributed by atoms with Crippen LogP contribution in [0.1, 0.15) is 81.2 Å². The molecule has 4 nitrogen and oxygen atoms in total. The Morgan fingerprint density at radius 1 is 0.632 bits per heavy atom. The Balaban J connectivity index is 3.89. The number of nitrogens with zero attached hydrogens (tertiary/aromatic N) is 1. The Morgan fingerprint density at radius 2 is 0.974 bits per heavy atom. The van der Waals surface area contributed by atoms with Gasteiger partial charge >= 0.3 is 0 Å². The van der Waals surface area contributed by atoms with Gasteiger partial charge in [-0.2, -0.15) is 0 Å². The lowest BCUT2D eigenvalue weighted by molar-refractivity contribution is 0.546. The average molecular weight is 628 g/mol. The first-order chi connectivity index (χ1) is 16.9. The first-order valence-electron chi connectivity index (χ1n) is 14.5. The van der Waals surface area contributed by atoms with E-state index in [1.54, 1.807) is 0 Å². The quantitative estimate of drug-likeness (QED) is 0.249. The van der Waals surface area contributed by atoms with Crippen LogP contribution in [0.15, 0.2) is 17.1 Å². The van der Waals surface area contributed by atoms with Crippen LogP contribution in [-0.4, -0.2) is 67.0 Å². The van der Waals surface area contributed by atoms with Gasteiger partial charge in [0.25, 0.3) is 0 Å². The van der Waals surface area contributed by atoms with E-state index in [1.165, 1.54) is 21.1 Å². The summed E-state index contributed by atoms with van der Waals surface area (Å²) in [7, 11) is -8.57. The summed E-state index contributed by atoms with van der Waals surface area (Å²) < 4.78 is 20.9. The molecule has 0 saturated carbocycles. The molecule has 0 aliphatic carbocycles. The molecular weight excluding hydrogens is 567 g/mol. The minimum absolute atomic E-state index is 0.262. The summed E-state index contributed by atoms with van der Waals surface area (Å²) in [5.41, 5.74) is 1.25. The molecule has 0 aromatic heterocycles. The summed E-state index contributed by atoms with van der Waals surface area (Å²) in [6.07, 6.45) is 3.19. The first kappa shape index (κ1) is 36.1. The van der Waals surface area contributed by atoms with Crippen molar-refractivity contribution in [2.24, 2.45) is 4.99 Å². The summed E-state index contributed by atoms with van der Waals surface area (Å²) in [5, 5.41) is 5.04. The van der Waals surface area contributed by atoms with E-state index in [-0.39, 0.29) is 15.1 Å². The molecule has 1 aromatic carbocycles. The van der Waals surface area contributed by atoms with Crippen molar-refractivity contribution in [3.63, 3.8) is 0 Å². The topological polar surface area (TPSA) is 40.0 Å². The second-order valence-electron chi connectivity index (χ2n) is 16.1. The van der Waals surface area contributed by atoms with Crippen LogP contribution in [0.4, 0.5) is 0 Å². The number of hydrogen-bond acceptors (Lipinski definition) is 4. The zero-order valence-electron chi connectivity index (χ0n) is 27.9. The summed E-state index contributed by atoms with van der Waals surface area (Å²) >= 11 is 0. The summed E-state index contributed by atoms with van der Waals surface area (Å²) in [6, 6.07) is 4.98. The van der Waals surface area contributed by atoms with Crippen molar-refractivity contribution >= 4 is 76.0 Å². The Hall–Kier alpha value is 0.0713. The fraction of sp³-hybridized carbons (Fsp3) is 0.750. The van der Waals surface area contributed by atoms with Gasteiger partial charge in [0.1, 0.15) is 0 Å². The molecule has 220 valence electrons. The van der Waals surface area contributed by atoms with Crippen LogP contribution in [0.5, 0.6) is 0 Å². The molecular formula is C28H61NO3Si6. The molecule has 0 aliphatic heterocycles. The zero-order chi connectivity index (χ0) is 29.8. The van der Waals surface area contributed by atoms with E-state index < -0.39 is 54.2 Å². The van der Waals surface area contributed by atoms with Crippen molar-refractivity contribution in [2.75, 3.05) is 6.54 Å². The van der Waals surface area contributed by atoms with Crippen LogP contribution in [0.3, 0.4) is 0 Å². The second-order valence-corrected chi connectivity index (χ2v) is 37.5. The van der Waals surface area contributed by atoms with Gasteiger partial charge in [-0.15, -0.1) is 0 Å². The fourth-order valence-corrected chi connectivity index (χ4v) is 21.1. The van der Waals surface area contributed by atoms with E-state index in [9.17, 15) is 0 Å². The molecule has 0 aliphatic rings. The van der Waals surface area contributed by atoms with Crippen LogP contribution in [0.25, 0.3) is 0 Å². The van der Waals surface area contributed by atoms with Gasteiger partial charge in [0.05, 0.1) is 0 Å². The molecule has 0 amide bonds. The predicted octanol–water partition coefficient (Wildman–Crippen LogP) is 4.71. The van der Waals surface area contributed by atoms with Gasteiger partial charge in [0.2, 0.25) is 25.0 Å². The average Bonchev–Trinajstić information content (AvgIpc) is 2.73. The van der Waals surface area contributed by atoms with E-state index in [2.05, 4.69) is 127 Å². The maximum Gasteiger partial charge on any atom is 0.206 e. The normalized spacial score (nSPS) is 15.5. The maximum absolute atomic E-state index is 6.99. The van der Waals surface area contributed by atoms with Crippen LogP contribution in [0, 0.1) is 0 Å². The number of benzene rings is 1. The van der Waals surface area contributed by atoms with Crippen molar-refractivity contribution in [3.8, 4) is 0 Å². The van der Waals surface area contributed by atoms with E-state index in [4.69, 9.17) is 17.3 Å². The molecule has 10 heteroatoms. The second kappa shape index (κ2) is 13.4. The van der Waals surface area contributed by atoms with E-state index in [0.717, 1.165) is 13.0 Å². The smallest absolute Gasteiger partial charge is 0.206 e. The van der Waals surface area contributed by atoms with Crippen molar-refractivity contribution in [1.29, 1.82) is 0 Å². The molecule has 0 saturated heterocycles. The summed E-state index contributed by atoms with van der Waals surface area (Å²) in [6.45, 7) is 38.3. The highest BCUT2D eigenvalue weighted by molar-refractivity contribution is 6.98. The number of rotatable bonds is 12. The molecule has 0 heterocycles. The molecule has 0 radical (unpaired) electrons. The highest BCUT2D eigenvalue weighted by Gasteiger charge is 2.40. The van der Waals surface area contributed by atoms with Crippen molar-refractivity contribution in [1.82, 2.24) is 0 Å². The fourth-order valence-electron chi connectivity index (χ4n) is 3.96. The Bertz CT molecular complexity index is 942. The Morgan fingerprint density at radius 3 is 1.32 bits per heavy atom. The summed E-state index contributed by atoms with van der Waals surface area (Å²) in [4.78, 5) is 4.84. The number of aliphatic imine (C=N–C) groups is 1. The monoisotopic (exact) mass is 627 g/mol. The first-order valence-corrected chi connectivity index (χ1v) is 27.1. The largest absolute Gasteiger partial charge is 0.457 e. The van der Waals surface area contributed by atoms with Gasteiger partial charge in [-0.05, 0) is 81.9 Å². The lowest BCUT2D eigenvalue weighted by Crippen LogP contribution is -2.64. The minimum Gasteiger partial charge on any atom is -0.457 e. The lowest BCUT2D eigenvalue weighted by atomic mass is 10.2. The summed E-state index contributed by atoms with van der Waals surface area (Å²) in [5.74, 6) is 0. The van der Waals surface area contributed by atoms with Gasteiger partial charge < -0.3 is 12.3 Å². The van der Waals surface area contributed by atoms with Crippen LogP contribution < -0.4 is 15.6 Å². The molecule has 0 atom stereocenters. The third kappa shape index (κ3) is 12.3. The maximum atomic E-state index is 6.99. The van der Waals surface area contributed by atoms with Crippen molar-refractivity contribution < 1.29 is 12.3 Å². The molecule has 0 unspecified atom stereocenters. The molecule has 0 bridgehead atoms. The minimum atomic E-state index is -2.18. The Kier molecular flexibility index (Phi) is 12.7. The molecule has 38 heavy (non-hydrogen) atoms. The number of hydrogen-bond donors (Lipinski definition) is 0. The van der Waals surface area contributed by atoms with E-state index in [0.29, 0.717) is 0 Å². The molecule has 0 N–H and O–H groups in total. The predicted molar refractivity (Wildman–Crippen MR) is 189 cm³/mol. The highest BCUT2D eigenvalue weighted by atomic mass is 28.4. The van der Waals surface area contributed by atoms with Gasteiger partial charge in [-0.1, -0.05) is 81.4 Å². The Labute approximate surface area is 246 Å². The highest BCUT2D eigenvalue weighted by Crippen LogP contribution is 2.25. The van der Waals surface area contributed by atoms with Crippen LogP contribution >= 0.6 is 0 Å². The van der Waals surface area contributed by atoms with Gasteiger partial charge in [0, 0.05) is 12.8 Å². The molecule has 0 spiro atoms. The molecule has 1 aromatic rings. The third-order valence-electron chi connectivity index (χ3n) is 6.32. The SMILES string of the molecule is CCCN=Cc1cc([Si](C)(C)O[SiH2]C(C)(C)C)c([Si](C)(C)O[SiH2]C(C)(C)C)cc1[Si](C)(C)O[SiH2]C(C)(C)C. The van der Waals surface area contributed by atoms with Gasteiger partial charge in [0.15, 0.2) is 29.3 Å². The van der Waals surface area contributed by atoms with Crippen LogP contribution in [-0.2, 0) is 12.3 Å². The standard InChI is InChI=1S/C28H61NO3Si6/c1-17-18-29-21-22-19-24(37(13,14)31-34-27(5,6)7)25(38(15,16)32-35-28(8,9)10)20-23(22)36(11,12)30-33-26(2,3)4/h19-21H,17-18,33-35H2,1-16H3. The van der Waals surface area contributed by atoms with E-state index >= 15 is 0 Å². The van der Waals surface area contributed by atoms with Crippen molar-refractivity contribution in [2.45, 2.75) is 130 Å². The van der Waals surface area contributed by atoms with Crippen LogP contribution in [0.2, 0.25) is 54.4 Å². The molecule has 1 rings (SSSR count). The third-order valence-corrected chi connectivity index (χ3v) is 24.7. The van der Waals surface area contributed by atoms with Crippen molar-refractivity contribution in [3.05, 3.63) is 17.7 Å². The zero-order valence-corrected chi connectivity index (χ0v) is 35.2.